The van der Waals surface area contributed by atoms with Gasteiger partial charge in [-0.3, -0.25) is 19.8 Å². The number of amides is 1. The summed E-state index contributed by atoms with van der Waals surface area (Å²) >= 11 is 7.73. The van der Waals surface area contributed by atoms with Crippen LogP contribution in [0.1, 0.15) is 23.9 Å². The van der Waals surface area contributed by atoms with Crippen LogP contribution in [0.15, 0.2) is 42.5 Å². The molecule has 0 radical (unpaired) electrons. The molecule has 1 aliphatic rings. The van der Waals surface area contributed by atoms with Gasteiger partial charge in [0.2, 0.25) is 5.91 Å². The third-order valence-electron chi connectivity index (χ3n) is 4.74. The van der Waals surface area contributed by atoms with Crippen molar-refractivity contribution in [1.29, 1.82) is 0 Å². The van der Waals surface area contributed by atoms with Crippen molar-refractivity contribution < 1.29 is 9.72 Å². The first-order valence-electron chi connectivity index (χ1n) is 8.84. The fourth-order valence-electron chi connectivity index (χ4n) is 3.42. The Hall–Kier alpha value is -2.55. The van der Waals surface area contributed by atoms with Gasteiger partial charge in [0.05, 0.1) is 38.4 Å². The molecule has 0 bridgehead atoms. The molecule has 4 rings (SSSR count). The number of halogens is 1. The van der Waals surface area contributed by atoms with Crippen LogP contribution in [0, 0.1) is 10.1 Å². The zero-order valence-corrected chi connectivity index (χ0v) is 16.4. The van der Waals surface area contributed by atoms with Crippen molar-refractivity contribution >= 4 is 50.4 Å². The summed E-state index contributed by atoms with van der Waals surface area (Å²) in [6.07, 6.45) is 1.97. The second-order valence-corrected chi connectivity index (χ2v) is 8.09. The molecule has 1 atom stereocenters. The predicted molar refractivity (Wildman–Crippen MR) is 110 cm³/mol. The van der Waals surface area contributed by atoms with E-state index in [4.69, 9.17) is 16.6 Å². The zero-order valence-electron chi connectivity index (χ0n) is 14.8. The van der Waals surface area contributed by atoms with E-state index in [0.717, 1.165) is 34.6 Å². The number of hydrogen-bond acceptors (Lipinski definition) is 6. The molecule has 1 saturated heterocycles. The molecule has 0 saturated carbocycles. The van der Waals surface area contributed by atoms with Crippen LogP contribution in [0.5, 0.6) is 0 Å². The van der Waals surface area contributed by atoms with E-state index < -0.39 is 4.92 Å². The number of thiazole rings is 1. The first kappa shape index (κ1) is 18.8. The Morgan fingerprint density at radius 3 is 2.93 bits per heavy atom. The average Bonchev–Trinajstić information content (AvgIpc) is 3.29. The molecule has 1 unspecified atom stereocenters. The van der Waals surface area contributed by atoms with Gasteiger partial charge in [-0.1, -0.05) is 23.7 Å². The van der Waals surface area contributed by atoms with Crippen molar-refractivity contribution in [2.75, 3.05) is 18.4 Å². The number of carbonyl (C=O) groups is 1. The molecular formula is C19H17ClN4O3S. The Morgan fingerprint density at radius 2 is 2.18 bits per heavy atom. The lowest BCUT2D eigenvalue weighted by atomic mass is 10.2. The molecule has 144 valence electrons. The van der Waals surface area contributed by atoms with Gasteiger partial charge in [-0.2, -0.15) is 0 Å². The number of nitro groups is 1. The van der Waals surface area contributed by atoms with E-state index in [2.05, 4.69) is 16.3 Å². The summed E-state index contributed by atoms with van der Waals surface area (Å²) in [7, 11) is 0. The van der Waals surface area contributed by atoms with Crippen LogP contribution in [-0.2, 0) is 4.79 Å². The molecule has 2 heterocycles. The SMILES string of the molecule is O=C(CN1CCCC1c1nc2ccccc2s1)Nc1ccc([N+](=O)[O-])cc1Cl. The highest BCUT2D eigenvalue weighted by Gasteiger charge is 2.30. The van der Waals surface area contributed by atoms with Crippen LogP contribution in [0.2, 0.25) is 5.02 Å². The van der Waals surface area contributed by atoms with Gasteiger partial charge in [0, 0.05) is 12.1 Å². The fraction of sp³-hybridized carbons (Fsp3) is 0.263. The molecule has 0 aliphatic carbocycles. The van der Waals surface area contributed by atoms with Gasteiger partial charge < -0.3 is 5.32 Å². The number of fused-ring (bicyclic) bond motifs is 1. The van der Waals surface area contributed by atoms with Gasteiger partial charge in [-0.25, -0.2) is 4.98 Å². The van der Waals surface area contributed by atoms with Crippen molar-refractivity contribution in [3.8, 4) is 0 Å². The molecule has 9 heteroatoms. The summed E-state index contributed by atoms with van der Waals surface area (Å²) in [5, 5.41) is 14.7. The van der Waals surface area contributed by atoms with Crippen LogP contribution in [-0.4, -0.2) is 33.8 Å². The molecule has 28 heavy (non-hydrogen) atoms. The summed E-state index contributed by atoms with van der Waals surface area (Å²) in [4.78, 5) is 29.7. The van der Waals surface area contributed by atoms with E-state index in [1.165, 1.54) is 18.2 Å². The maximum atomic E-state index is 12.5. The van der Waals surface area contributed by atoms with E-state index in [-0.39, 0.29) is 29.2 Å². The highest BCUT2D eigenvalue weighted by Crippen LogP contribution is 2.36. The number of hydrogen-bond donors (Lipinski definition) is 1. The summed E-state index contributed by atoms with van der Waals surface area (Å²) in [5.41, 5.74) is 1.24. The summed E-state index contributed by atoms with van der Waals surface area (Å²) in [6, 6.07) is 12.1. The fourth-order valence-corrected chi connectivity index (χ4v) is 4.78. The number of anilines is 1. The van der Waals surface area contributed by atoms with E-state index >= 15 is 0 Å². The number of carbonyl (C=O) groups excluding carboxylic acids is 1. The largest absolute Gasteiger partial charge is 0.324 e. The molecule has 0 spiro atoms. The van der Waals surface area contributed by atoms with Gasteiger partial charge in [-0.05, 0) is 37.6 Å². The monoisotopic (exact) mass is 416 g/mol. The third kappa shape index (κ3) is 3.84. The lowest BCUT2D eigenvalue weighted by molar-refractivity contribution is -0.384. The van der Waals surface area contributed by atoms with Gasteiger partial charge in [0.15, 0.2) is 0 Å². The van der Waals surface area contributed by atoms with Crippen LogP contribution < -0.4 is 5.32 Å². The first-order chi connectivity index (χ1) is 13.5. The minimum atomic E-state index is -0.523. The molecule has 2 aromatic carbocycles. The predicted octanol–water partition coefficient (Wildman–Crippen LogP) is 4.63. The van der Waals surface area contributed by atoms with Gasteiger partial charge in [0.1, 0.15) is 5.01 Å². The Kier molecular flexibility index (Phi) is 5.25. The smallest absolute Gasteiger partial charge is 0.271 e. The van der Waals surface area contributed by atoms with Crippen LogP contribution in [0.4, 0.5) is 11.4 Å². The highest BCUT2D eigenvalue weighted by molar-refractivity contribution is 7.18. The summed E-state index contributed by atoms with van der Waals surface area (Å²) in [5.74, 6) is -0.205. The zero-order chi connectivity index (χ0) is 19.7. The Bertz CT molecular complexity index is 1020. The standard InChI is InChI=1S/C19H17ClN4O3S/c20-13-10-12(24(26)27)7-8-14(13)21-18(25)11-23-9-3-5-16(23)19-22-15-4-1-2-6-17(15)28-19/h1-2,4,6-8,10,16H,3,5,9,11H2,(H,21,25). The Labute approximate surface area is 170 Å². The number of aromatic nitrogens is 1. The number of non-ortho nitro benzene ring substituents is 1. The van der Waals surface area contributed by atoms with E-state index in [9.17, 15) is 14.9 Å². The number of nitrogens with zero attached hydrogens (tertiary/aromatic N) is 3. The third-order valence-corrected chi connectivity index (χ3v) is 6.19. The second-order valence-electron chi connectivity index (χ2n) is 6.62. The van der Waals surface area contributed by atoms with E-state index in [0.29, 0.717) is 5.69 Å². The van der Waals surface area contributed by atoms with Crippen molar-refractivity contribution in [2.24, 2.45) is 0 Å². The molecular weight excluding hydrogens is 400 g/mol. The second kappa shape index (κ2) is 7.83. The molecule has 1 aromatic heterocycles. The van der Waals surface area contributed by atoms with Crippen molar-refractivity contribution in [1.82, 2.24) is 9.88 Å². The normalized spacial score (nSPS) is 17.1. The summed E-state index contributed by atoms with van der Waals surface area (Å²) < 4.78 is 1.14. The number of nitro benzene ring substituents is 1. The summed E-state index contributed by atoms with van der Waals surface area (Å²) in [6.45, 7) is 1.04. The topological polar surface area (TPSA) is 88.4 Å². The van der Waals surface area contributed by atoms with Gasteiger partial charge in [0.25, 0.3) is 5.69 Å². The number of rotatable bonds is 5. The maximum Gasteiger partial charge on any atom is 0.271 e. The van der Waals surface area contributed by atoms with Crippen LogP contribution in [0.3, 0.4) is 0 Å². The van der Waals surface area contributed by atoms with Crippen LogP contribution >= 0.6 is 22.9 Å². The van der Waals surface area contributed by atoms with E-state index in [1.807, 2.05) is 18.2 Å². The van der Waals surface area contributed by atoms with Crippen molar-refractivity contribution in [3.05, 3.63) is 62.6 Å². The highest BCUT2D eigenvalue weighted by atomic mass is 35.5. The quantitative estimate of drug-likeness (QED) is 0.483. The first-order valence-corrected chi connectivity index (χ1v) is 10.0. The van der Waals surface area contributed by atoms with Gasteiger partial charge >= 0.3 is 0 Å². The molecule has 1 fully saturated rings. The number of benzene rings is 2. The Balaban J connectivity index is 1.45. The lowest BCUT2D eigenvalue weighted by Crippen LogP contribution is -2.33. The Morgan fingerprint density at radius 1 is 1.36 bits per heavy atom. The lowest BCUT2D eigenvalue weighted by Gasteiger charge is -2.22. The molecule has 1 aliphatic heterocycles. The van der Waals surface area contributed by atoms with Crippen LogP contribution in [0.25, 0.3) is 10.2 Å². The number of nitrogens with one attached hydrogen (secondary N) is 1. The maximum absolute atomic E-state index is 12.5. The van der Waals surface area contributed by atoms with E-state index in [1.54, 1.807) is 11.3 Å². The molecule has 1 amide bonds. The van der Waals surface area contributed by atoms with Crippen molar-refractivity contribution in [2.45, 2.75) is 18.9 Å². The van der Waals surface area contributed by atoms with Crippen molar-refractivity contribution in [3.63, 3.8) is 0 Å². The molecule has 7 nitrogen and oxygen atoms in total. The number of likely N-dealkylation sites (tertiary alicyclic amines) is 1. The number of para-hydroxylation sites is 1. The van der Waals surface area contributed by atoms with Gasteiger partial charge in [-0.15, -0.1) is 11.3 Å². The minimum Gasteiger partial charge on any atom is -0.324 e. The average molecular weight is 417 g/mol. The molecule has 3 aromatic rings. The molecule has 1 N–H and O–H groups in total. The minimum absolute atomic E-state index is 0.113.